The number of nitro benzene ring substituents is 1. The van der Waals surface area contributed by atoms with Gasteiger partial charge in [0.1, 0.15) is 11.4 Å². The van der Waals surface area contributed by atoms with Crippen LogP contribution in [0.5, 0.6) is 5.75 Å². The molecule has 0 atom stereocenters. The molecular weight excluding hydrogens is 334 g/mol. The van der Waals surface area contributed by atoms with Crippen LogP contribution in [0.25, 0.3) is 0 Å². The fraction of sp³-hybridized carbons (Fsp3) is 0.263. The third kappa shape index (κ3) is 3.81. The number of esters is 1. The van der Waals surface area contributed by atoms with Crippen molar-refractivity contribution in [1.29, 1.82) is 5.26 Å². The number of anilines is 1. The van der Waals surface area contributed by atoms with Gasteiger partial charge < -0.3 is 9.64 Å². The van der Waals surface area contributed by atoms with Gasteiger partial charge in [-0.05, 0) is 55.7 Å². The van der Waals surface area contributed by atoms with E-state index in [1.165, 1.54) is 30.3 Å². The van der Waals surface area contributed by atoms with Crippen LogP contribution >= 0.6 is 0 Å². The van der Waals surface area contributed by atoms with Crippen molar-refractivity contribution in [3.63, 3.8) is 0 Å². The van der Waals surface area contributed by atoms with Crippen LogP contribution in [-0.4, -0.2) is 24.0 Å². The fourth-order valence-corrected chi connectivity index (χ4v) is 2.96. The number of benzene rings is 2. The van der Waals surface area contributed by atoms with Crippen molar-refractivity contribution in [2.24, 2.45) is 0 Å². The van der Waals surface area contributed by atoms with Crippen LogP contribution in [0.2, 0.25) is 0 Å². The predicted molar refractivity (Wildman–Crippen MR) is 95.3 cm³/mol. The molecule has 1 saturated heterocycles. The zero-order valence-corrected chi connectivity index (χ0v) is 14.1. The first-order chi connectivity index (χ1) is 12.6. The van der Waals surface area contributed by atoms with Crippen molar-refractivity contribution in [2.45, 2.75) is 19.3 Å². The molecule has 1 heterocycles. The Morgan fingerprint density at radius 3 is 2.42 bits per heavy atom. The molecule has 0 aliphatic carbocycles. The number of rotatable bonds is 4. The summed E-state index contributed by atoms with van der Waals surface area (Å²) in [5, 5.41) is 20.2. The van der Waals surface area contributed by atoms with Crippen LogP contribution in [0.4, 0.5) is 11.4 Å². The normalized spacial score (nSPS) is 13.7. The lowest BCUT2D eigenvalue weighted by Crippen LogP contribution is -2.30. The molecule has 132 valence electrons. The zero-order valence-electron chi connectivity index (χ0n) is 14.1. The molecule has 7 heteroatoms. The van der Waals surface area contributed by atoms with Crippen LogP contribution in [0.15, 0.2) is 42.5 Å². The Morgan fingerprint density at radius 2 is 1.81 bits per heavy atom. The maximum atomic E-state index is 12.3. The second kappa shape index (κ2) is 7.66. The van der Waals surface area contributed by atoms with Crippen molar-refractivity contribution < 1.29 is 14.5 Å². The third-order valence-corrected chi connectivity index (χ3v) is 4.30. The summed E-state index contributed by atoms with van der Waals surface area (Å²) in [5.74, 6) is -0.403. The molecule has 1 fully saturated rings. The number of nitrogens with zero attached hydrogens (tertiary/aromatic N) is 3. The summed E-state index contributed by atoms with van der Waals surface area (Å²) in [6.07, 6.45) is 3.12. The summed E-state index contributed by atoms with van der Waals surface area (Å²) in [4.78, 5) is 25.3. The van der Waals surface area contributed by atoms with E-state index < -0.39 is 10.9 Å². The molecular formula is C19H17N3O4. The highest BCUT2D eigenvalue weighted by atomic mass is 16.6. The monoisotopic (exact) mass is 351 g/mol. The average Bonchev–Trinajstić information content (AvgIpc) is 2.68. The van der Waals surface area contributed by atoms with Gasteiger partial charge in [0.15, 0.2) is 0 Å². The Hall–Kier alpha value is -3.40. The summed E-state index contributed by atoms with van der Waals surface area (Å²) in [6, 6.07) is 12.5. The zero-order chi connectivity index (χ0) is 18.5. The van der Waals surface area contributed by atoms with Crippen molar-refractivity contribution in [3.8, 4) is 11.8 Å². The number of carbonyl (C=O) groups excluding carboxylic acids is 1. The molecule has 0 radical (unpaired) electrons. The first-order valence-corrected chi connectivity index (χ1v) is 8.34. The molecule has 3 rings (SSSR count). The average molecular weight is 351 g/mol. The molecule has 0 amide bonds. The first kappa shape index (κ1) is 17.4. The van der Waals surface area contributed by atoms with E-state index >= 15 is 0 Å². The largest absolute Gasteiger partial charge is 0.423 e. The van der Waals surface area contributed by atoms with E-state index in [1.54, 1.807) is 12.1 Å². The van der Waals surface area contributed by atoms with E-state index in [4.69, 9.17) is 10.00 Å². The van der Waals surface area contributed by atoms with Gasteiger partial charge in [-0.15, -0.1) is 0 Å². The van der Waals surface area contributed by atoms with Crippen LogP contribution in [0.3, 0.4) is 0 Å². The van der Waals surface area contributed by atoms with Crippen molar-refractivity contribution in [3.05, 3.63) is 63.7 Å². The SMILES string of the molecule is N#Cc1ccc(OC(=O)c2ccc(N3CCCCC3)c([N+](=O)[O-])c2)cc1. The highest BCUT2D eigenvalue weighted by Crippen LogP contribution is 2.31. The van der Waals surface area contributed by atoms with E-state index in [1.807, 2.05) is 11.0 Å². The highest BCUT2D eigenvalue weighted by Gasteiger charge is 2.23. The minimum Gasteiger partial charge on any atom is -0.423 e. The molecule has 2 aromatic rings. The fourth-order valence-electron chi connectivity index (χ4n) is 2.96. The van der Waals surface area contributed by atoms with Gasteiger partial charge in [-0.1, -0.05) is 0 Å². The van der Waals surface area contributed by atoms with Gasteiger partial charge in [0.05, 0.1) is 22.1 Å². The summed E-state index contributed by atoms with van der Waals surface area (Å²) in [7, 11) is 0. The van der Waals surface area contributed by atoms with Gasteiger partial charge in [0.25, 0.3) is 5.69 Å². The van der Waals surface area contributed by atoms with Crippen LogP contribution in [0.1, 0.15) is 35.2 Å². The van der Waals surface area contributed by atoms with Gasteiger partial charge in [-0.2, -0.15) is 5.26 Å². The van der Waals surface area contributed by atoms with Crippen LogP contribution < -0.4 is 9.64 Å². The molecule has 1 aliphatic rings. The van der Waals surface area contributed by atoms with Gasteiger partial charge in [-0.25, -0.2) is 4.79 Å². The number of hydrogen-bond acceptors (Lipinski definition) is 6. The summed E-state index contributed by atoms with van der Waals surface area (Å²) >= 11 is 0. The molecule has 0 saturated carbocycles. The van der Waals surface area contributed by atoms with Crippen LogP contribution in [-0.2, 0) is 0 Å². The number of nitriles is 1. The lowest BCUT2D eigenvalue weighted by Gasteiger charge is -2.28. The number of ether oxygens (including phenoxy) is 1. The topological polar surface area (TPSA) is 96.5 Å². The van der Waals surface area contributed by atoms with Gasteiger partial charge in [0, 0.05) is 19.2 Å². The quantitative estimate of drug-likeness (QED) is 0.361. The second-order valence-electron chi connectivity index (χ2n) is 6.03. The molecule has 0 bridgehead atoms. The Morgan fingerprint density at radius 1 is 1.12 bits per heavy atom. The third-order valence-electron chi connectivity index (χ3n) is 4.30. The maximum absolute atomic E-state index is 12.3. The van der Waals surface area contributed by atoms with Crippen molar-refractivity contribution in [1.82, 2.24) is 0 Å². The predicted octanol–water partition coefficient (Wildman–Crippen LogP) is 3.68. The van der Waals surface area contributed by atoms with E-state index in [2.05, 4.69) is 0 Å². The van der Waals surface area contributed by atoms with Gasteiger partial charge in [0.2, 0.25) is 0 Å². The number of hydrogen-bond donors (Lipinski definition) is 0. The lowest BCUT2D eigenvalue weighted by molar-refractivity contribution is -0.384. The molecule has 1 aliphatic heterocycles. The van der Waals surface area contributed by atoms with Gasteiger partial charge >= 0.3 is 5.97 Å². The van der Waals surface area contributed by atoms with Crippen molar-refractivity contribution in [2.75, 3.05) is 18.0 Å². The Bertz CT molecular complexity index is 865. The van der Waals surface area contributed by atoms with Crippen LogP contribution in [0, 0.1) is 21.4 Å². The molecule has 7 nitrogen and oxygen atoms in total. The Kier molecular flexibility index (Phi) is 5.13. The standard InChI is InChI=1S/C19H17N3O4/c20-13-14-4-7-16(8-5-14)26-19(23)15-6-9-17(18(12-15)22(24)25)21-10-2-1-3-11-21/h4-9,12H,1-3,10-11H2. The minimum atomic E-state index is -0.678. The van der Waals surface area contributed by atoms with E-state index in [0.29, 0.717) is 11.3 Å². The molecule has 0 unspecified atom stereocenters. The Balaban J connectivity index is 1.82. The summed E-state index contributed by atoms with van der Waals surface area (Å²) in [5.41, 5.74) is 0.999. The number of piperidine rings is 1. The van der Waals surface area contributed by atoms with Crippen molar-refractivity contribution >= 4 is 17.3 Å². The molecule has 0 spiro atoms. The van der Waals surface area contributed by atoms with E-state index in [-0.39, 0.29) is 17.0 Å². The molecule has 0 N–H and O–H groups in total. The first-order valence-electron chi connectivity index (χ1n) is 8.34. The smallest absolute Gasteiger partial charge is 0.343 e. The summed E-state index contributed by atoms with van der Waals surface area (Å²) < 4.78 is 5.24. The summed E-state index contributed by atoms with van der Waals surface area (Å²) in [6.45, 7) is 1.55. The molecule has 0 aromatic heterocycles. The molecule has 2 aromatic carbocycles. The molecule has 26 heavy (non-hydrogen) atoms. The minimum absolute atomic E-state index is 0.0961. The maximum Gasteiger partial charge on any atom is 0.343 e. The Labute approximate surface area is 150 Å². The van der Waals surface area contributed by atoms with E-state index in [9.17, 15) is 14.9 Å². The lowest BCUT2D eigenvalue weighted by atomic mass is 10.1. The van der Waals surface area contributed by atoms with Gasteiger partial charge in [-0.3, -0.25) is 10.1 Å². The highest BCUT2D eigenvalue weighted by molar-refractivity contribution is 5.93. The number of carbonyl (C=O) groups is 1. The van der Waals surface area contributed by atoms with E-state index in [0.717, 1.165) is 32.4 Å². The second-order valence-corrected chi connectivity index (χ2v) is 6.03. The number of nitro groups is 1.